The fraction of sp³-hybridized carbons (Fsp3) is 0.565. The Bertz CT molecular complexity index is 1020. The highest BCUT2D eigenvalue weighted by Crippen LogP contribution is 2.33. The number of rotatable bonds is 4. The Hall–Kier alpha value is -3.44. The normalized spacial score (nSPS) is 21.1. The molecule has 3 saturated heterocycles. The van der Waals surface area contributed by atoms with Crippen LogP contribution in [0.5, 0.6) is 0 Å². The summed E-state index contributed by atoms with van der Waals surface area (Å²) in [5, 5.41) is 4.80. The summed E-state index contributed by atoms with van der Waals surface area (Å²) in [5.74, 6) is -3.94. The maximum atomic E-state index is 14.7. The van der Waals surface area contributed by atoms with Crippen LogP contribution in [0, 0.1) is 11.6 Å². The molecule has 0 radical (unpaired) electrons. The van der Waals surface area contributed by atoms with Gasteiger partial charge in [0.1, 0.15) is 23.3 Å². The summed E-state index contributed by atoms with van der Waals surface area (Å²) in [4.78, 5) is 50.4. The van der Waals surface area contributed by atoms with Crippen LogP contribution in [-0.4, -0.2) is 72.8 Å². The summed E-state index contributed by atoms with van der Waals surface area (Å²) < 4.78 is 39.9. The number of anilines is 1. The molecule has 1 unspecified atom stereocenters. The summed E-state index contributed by atoms with van der Waals surface area (Å²) >= 11 is 0. The number of carbonyl (C=O) groups is 4. The fourth-order valence-electron chi connectivity index (χ4n) is 4.18. The largest absolute Gasteiger partial charge is 0.444 e. The number of hydrogen-bond donors (Lipinski definition) is 2. The number of halogens is 2. The molecule has 0 spiro atoms. The van der Waals surface area contributed by atoms with Gasteiger partial charge in [-0.05, 0) is 39.3 Å². The zero-order valence-electron chi connectivity index (χ0n) is 19.7. The van der Waals surface area contributed by atoms with E-state index in [1.165, 1.54) is 4.90 Å². The van der Waals surface area contributed by atoms with Gasteiger partial charge in [-0.2, -0.15) is 0 Å². The van der Waals surface area contributed by atoms with Gasteiger partial charge in [0.05, 0.1) is 25.0 Å². The molecule has 1 aromatic carbocycles. The topological polar surface area (TPSA) is 117 Å². The Labute approximate surface area is 200 Å². The highest BCUT2D eigenvalue weighted by atomic mass is 19.1. The van der Waals surface area contributed by atoms with Crippen molar-refractivity contribution >= 4 is 29.7 Å². The van der Waals surface area contributed by atoms with Crippen LogP contribution >= 0.6 is 0 Å². The van der Waals surface area contributed by atoms with E-state index in [4.69, 9.17) is 9.47 Å². The summed E-state index contributed by atoms with van der Waals surface area (Å²) in [5.41, 5.74) is -0.666. The molecule has 12 heteroatoms. The lowest BCUT2D eigenvalue weighted by atomic mass is 9.89. The lowest BCUT2D eigenvalue weighted by molar-refractivity contribution is -0.134. The summed E-state index contributed by atoms with van der Waals surface area (Å²) in [6.45, 7) is 6.44. The van der Waals surface area contributed by atoms with Crippen LogP contribution in [0.1, 0.15) is 45.1 Å². The summed E-state index contributed by atoms with van der Waals surface area (Å²) in [6, 6.07) is 2.03. The van der Waals surface area contributed by atoms with Crippen LogP contribution in [0.15, 0.2) is 12.1 Å². The fourth-order valence-corrected chi connectivity index (χ4v) is 4.18. The van der Waals surface area contributed by atoms with Gasteiger partial charge in [-0.3, -0.25) is 14.9 Å². The Morgan fingerprint density at radius 3 is 2.29 bits per heavy atom. The van der Waals surface area contributed by atoms with E-state index in [0.717, 1.165) is 12.1 Å². The van der Waals surface area contributed by atoms with Crippen LogP contribution in [0.4, 0.5) is 24.1 Å². The molecule has 1 atom stereocenters. The molecule has 0 bridgehead atoms. The van der Waals surface area contributed by atoms with Crippen LogP contribution in [0.2, 0.25) is 0 Å². The van der Waals surface area contributed by atoms with E-state index >= 15 is 0 Å². The molecule has 190 valence electrons. The molecule has 1 aromatic rings. The van der Waals surface area contributed by atoms with Gasteiger partial charge in [0, 0.05) is 30.8 Å². The number of amides is 4. The van der Waals surface area contributed by atoms with Crippen molar-refractivity contribution in [2.75, 3.05) is 31.1 Å². The van der Waals surface area contributed by atoms with Crippen LogP contribution in [0.25, 0.3) is 0 Å². The molecule has 3 fully saturated rings. The van der Waals surface area contributed by atoms with E-state index in [1.807, 2.05) is 0 Å². The van der Waals surface area contributed by atoms with Crippen LogP contribution < -0.4 is 15.5 Å². The number of carbonyl (C=O) groups excluding carboxylic acids is 4. The Balaban J connectivity index is 1.23. The first-order valence-corrected chi connectivity index (χ1v) is 11.4. The molecule has 3 heterocycles. The van der Waals surface area contributed by atoms with E-state index in [9.17, 15) is 28.0 Å². The zero-order valence-corrected chi connectivity index (χ0v) is 19.7. The minimum Gasteiger partial charge on any atom is -0.444 e. The molecule has 0 aromatic heterocycles. The van der Waals surface area contributed by atoms with Crippen molar-refractivity contribution in [2.24, 2.45) is 0 Å². The van der Waals surface area contributed by atoms with Crippen molar-refractivity contribution in [3.63, 3.8) is 0 Å². The first-order valence-electron chi connectivity index (χ1n) is 11.4. The first-order chi connectivity index (χ1) is 16.4. The molecule has 35 heavy (non-hydrogen) atoms. The highest BCUT2D eigenvalue weighted by molar-refractivity contribution is 6.01. The molecule has 0 saturated carbocycles. The van der Waals surface area contributed by atoms with Crippen LogP contribution in [0.3, 0.4) is 0 Å². The lowest BCUT2D eigenvalue weighted by Gasteiger charge is -2.42. The predicted octanol–water partition coefficient (Wildman–Crippen LogP) is 2.02. The molecule has 3 aliphatic rings. The van der Waals surface area contributed by atoms with Gasteiger partial charge in [-0.15, -0.1) is 0 Å². The second kappa shape index (κ2) is 9.31. The van der Waals surface area contributed by atoms with Gasteiger partial charge in [0.15, 0.2) is 0 Å². The lowest BCUT2D eigenvalue weighted by Crippen LogP contribution is -2.61. The number of nitrogens with zero attached hydrogens (tertiary/aromatic N) is 2. The van der Waals surface area contributed by atoms with E-state index < -0.39 is 53.3 Å². The average molecular weight is 494 g/mol. The molecular formula is C23H28F2N4O6. The number of ether oxygens (including phenoxy) is 2. The number of benzene rings is 1. The van der Waals surface area contributed by atoms with Gasteiger partial charge in [0.2, 0.25) is 11.8 Å². The summed E-state index contributed by atoms with van der Waals surface area (Å²) in [7, 11) is 0. The molecular weight excluding hydrogens is 466 g/mol. The van der Waals surface area contributed by atoms with Gasteiger partial charge < -0.3 is 24.6 Å². The van der Waals surface area contributed by atoms with Crippen molar-refractivity contribution in [1.82, 2.24) is 15.5 Å². The predicted molar refractivity (Wildman–Crippen MR) is 119 cm³/mol. The minimum atomic E-state index is -1.06. The Kier molecular flexibility index (Phi) is 6.56. The monoisotopic (exact) mass is 494 g/mol. The smallest absolute Gasteiger partial charge is 0.410 e. The summed E-state index contributed by atoms with van der Waals surface area (Å²) in [6.07, 6.45) is -1.45. The van der Waals surface area contributed by atoms with Gasteiger partial charge in [-0.1, -0.05) is 0 Å². The quantitative estimate of drug-likeness (QED) is 0.615. The van der Waals surface area contributed by atoms with Crippen molar-refractivity contribution in [1.29, 1.82) is 0 Å². The SMILES string of the molecule is CC(C)(C)OC(=O)N1CC(OC(=O)NC2CN(c3cc(F)c(C4CCC(=O)NC4=O)c(F)c3)C2)C1. The molecule has 4 rings (SSSR count). The number of hydrogen-bond acceptors (Lipinski definition) is 7. The first kappa shape index (κ1) is 24.7. The molecule has 3 aliphatic heterocycles. The van der Waals surface area contributed by atoms with Crippen LogP contribution in [-0.2, 0) is 19.1 Å². The third-order valence-electron chi connectivity index (χ3n) is 5.99. The standard InChI is InChI=1S/C23H28F2N4O6/c1-23(2,3)35-22(33)29-10-14(11-29)34-21(32)26-12-8-28(9-12)13-6-16(24)19(17(25)7-13)15-4-5-18(30)27-20(15)31/h6-7,12,14-15H,4-5,8-11H2,1-3H3,(H,26,32)(H,27,30,31). The Morgan fingerprint density at radius 2 is 1.71 bits per heavy atom. The van der Waals surface area contributed by atoms with Gasteiger partial charge >= 0.3 is 12.2 Å². The van der Waals surface area contributed by atoms with E-state index in [1.54, 1.807) is 25.7 Å². The average Bonchev–Trinajstić information content (AvgIpc) is 2.66. The number of piperidine rings is 1. The Morgan fingerprint density at radius 1 is 1.09 bits per heavy atom. The molecule has 4 amide bonds. The zero-order chi connectivity index (χ0) is 25.5. The number of likely N-dealkylation sites (tertiary alicyclic amines) is 1. The van der Waals surface area contributed by atoms with Crippen molar-refractivity contribution in [3.8, 4) is 0 Å². The molecule has 10 nitrogen and oxygen atoms in total. The van der Waals surface area contributed by atoms with Gasteiger partial charge in [-0.25, -0.2) is 18.4 Å². The highest BCUT2D eigenvalue weighted by Gasteiger charge is 2.38. The van der Waals surface area contributed by atoms with Crippen molar-refractivity contribution in [2.45, 2.75) is 57.3 Å². The third-order valence-corrected chi connectivity index (χ3v) is 5.99. The number of nitrogens with one attached hydrogen (secondary N) is 2. The number of alkyl carbamates (subject to hydrolysis) is 1. The molecule has 2 N–H and O–H groups in total. The third kappa shape index (κ3) is 5.63. The molecule has 0 aliphatic carbocycles. The van der Waals surface area contributed by atoms with Crippen molar-refractivity contribution in [3.05, 3.63) is 29.3 Å². The van der Waals surface area contributed by atoms with Gasteiger partial charge in [0.25, 0.3) is 0 Å². The second-order valence-electron chi connectivity index (χ2n) is 9.99. The maximum Gasteiger partial charge on any atom is 0.410 e. The van der Waals surface area contributed by atoms with E-state index in [2.05, 4.69) is 10.6 Å². The maximum absolute atomic E-state index is 14.7. The van der Waals surface area contributed by atoms with E-state index in [-0.39, 0.29) is 43.2 Å². The van der Waals surface area contributed by atoms with E-state index in [0.29, 0.717) is 13.1 Å². The number of imide groups is 1. The van der Waals surface area contributed by atoms with Crippen molar-refractivity contribution < 1.29 is 37.4 Å². The second-order valence-corrected chi connectivity index (χ2v) is 9.99. The minimum absolute atomic E-state index is 0.0203.